The molecular weight excluding hydrogens is 443 g/mol. The van der Waals surface area contributed by atoms with Crippen LogP contribution >= 0.6 is 17.1 Å². The van der Waals surface area contributed by atoms with Crippen LogP contribution in [0.15, 0.2) is 34.0 Å². The van der Waals surface area contributed by atoms with Gasteiger partial charge in [-0.2, -0.15) is 0 Å². The molecule has 1 aromatic rings. The molecule has 2 aliphatic heterocycles. The highest BCUT2D eigenvalue weighted by Crippen LogP contribution is 2.76. The highest BCUT2D eigenvalue weighted by Gasteiger charge is 2.54. The smallest absolute Gasteiger partial charge is 0.330 e. The van der Waals surface area contributed by atoms with E-state index in [-0.39, 0.29) is 23.1 Å². The van der Waals surface area contributed by atoms with Crippen LogP contribution in [0.3, 0.4) is 0 Å². The van der Waals surface area contributed by atoms with Gasteiger partial charge in [0, 0.05) is 23.4 Å². The maximum atomic E-state index is 12.2. The molecule has 0 unspecified atom stereocenters. The number of aromatic nitrogens is 2. The van der Waals surface area contributed by atoms with Crippen molar-refractivity contribution >= 4 is 28.9 Å². The standard InChI is InChI=1S/C20H29N2O5PS2/c1-5-14-15(11-18(25-14)22-9-7-17(23)21-19(22)24)26-28(29)27-16-10-13(12(2)3)6-8-20(16,4)30-28/h7,9,13-16,18H,2,5-6,8,10-11H2,1,3-4H3,(H,21,23,24)/t13-,14-,15+,16+,18-,20+,28+/m1/s1. The number of aromatic amines is 1. The molecule has 3 fully saturated rings. The van der Waals surface area contributed by atoms with E-state index < -0.39 is 23.2 Å². The summed E-state index contributed by atoms with van der Waals surface area (Å²) >= 11 is 7.62. The van der Waals surface area contributed by atoms with Crippen LogP contribution in [0.5, 0.6) is 0 Å². The lowest BCUT2D eigenvalue weighted by atomic mass is 9.77. The fourth-order valence-electron chi connectivity index (χ4n) is 4.60. The van der Waals surface area contributed by atoms with Gasteiger partial charge in [0.05, 0.1) is 18.3 Å². The predicted molar refractivity (Wildman–Crippen MR) is 122 cm³/mol. The molecule has 3 heterocycles. The van der Waals surface area contributed by atoms with E-state index in [0.717, 1.165) is 25.7 Å². The molecular formula is C20H29N2O5PS2. The van der Waals surface area contributed by atoms with Crippen molar-refractivity contribution in [3.63, 3.8) is 0 Å². The first-order valence-electron chi connectivity index (χ1n) is 10.4. The zero-order valence-corrected chi connectivity index (χ0v) is 20.1. The van der Waals surface area contributed by atoms with E-state index in [4.69, 9.17) is 25.6 Å². The second-order valence-corrected chi connectivity index (χ2v) is 15.3. The lowest BCUT2D eigenvalue weighted by Crippen LogP contribution is -2.39. The Morgan fingerprint density at radius 2 is 2.27 bits per heavy atom. The number of fused-ring (bicyclic) bond motifs is 1. The van der Waals surface area contributed by atoms with Crippen LogP contribution < -0.4 is 11.2 Å². The van der Waals surface area contributed by atoms with E-state index in [2.05, 4.69) is 25.4 Å². The van der Waals surface area contributed by atoms with Gasteiger partial charge in [-0.1, -0.05) is 30.5 Å². The molecule has 1 saturated carbocycles. The normalized spacial score (nSPS) is 41.0. The molecule has 7 atom stereocenters. The molecule has 0 amide bonds. The Kier molecular flexibility index (Phi) is 6.25. The van der Waals surface area contributed by atoms with Crippen LogP contribution in [0.4, 0.5) is 0 Å². The maximum absolute atomic E-state index is 12.2. The van der Waals surface area contributed by atoms with E-state index in [0.29, 0.717) is 12.3 Å². The molecule has 2 saturated heterocycles. The Morgan fingerprint density at radius 3 is 2.93 bits per heavy atom. The minimum absolute atomic E-state index is 0.0299. The number of nitrogens with one attached hydrogen (secondary N) is 1. The second-order valence-electron chi connectivity index (χ2n) is 8.70. The summed E-state index contributed by atoms with van der Waals surface area (Å²) in [5.41, 5.74) is -2.25. The van der Waals surface area contributed by atoms with Gasteiger partial charge < -0.3 is 13.8 Å². The van der Waals surface area contributed by atoms with Crippen molar-refractivity contribution < 1.29 is 13.8 Å². The molecule has 0 bridgehead atoms. The van der Waals surface area contributed by atoms with Gasteiger partial charge in [-0.05, 0) is 57.3 Å². The van der Waals surface area contributed by atoms with Crippen LogP contribution in [0.25, 0.3) is 0 Å². The summed E-state index contributed by atoms with van der Waals surface area (Å²) in [6.07, 6.45) is 4.91. The lowest BCUT2D eigenvalue weighted by molar-refractivity contribution is -0.0187. The van der Waals surface area contributed by atoms with Crippen molar-refractivity contribution in [1.82, 2.24) is 9.55 Å². The van der Waals surface area contributed by atoms with Gasteiger partial charge in [-0.25, -0.2) is 4.79 Å². The van der Waals surface area contributed by atoms with Crippen LogP contribution in [0, 0.1) is 5.92 Å². The van der Waals surface area contributed by atoms with Crippen molar-refractivity contribution in [2.75, 3.05) is 0 Å². The molecule has 1 aliphatic carbocycles. The summed E-state index contributed by atoms with van der Waals surface area (Å²) in [5, 5.41) is 0. The zero-order valence-electron chi connectivity index (χ0n) is 17.5. The van der Waals surface area contributed by atoms with Gasteiger partial charge in [0.15, 0.2) is 0 Å². The Morgan fingerprint density at radius 1 is 1.50 bits per heavy atom. The zero-order chi connectivity index (χ0) is 21.7. The molecule has 0 radical (unpaired) electrons. The van der Waals surface area contributed by atoms with Crippen molar-refractivity contribution in [3.8, 4) is 0 Å². The first kappa shape index (κ1) is 22.5. The molecule has 0 aromatic carbocycles. The van der Waals surface area contributed by atoms with Gasteiger partial charge in [0.25, 0.3) is 5.56 Å². The molecule has 3 aliphatic rings. The molecule has 1 aromatic heterocycles. The van der Waals surface area contributed by atoms with Gasteiger partial charge in [0.2, 0.25) is 5.69 Å². The minimum Gasteiger partial charge on any atom is -0.352 e. The van der Waals surface area contributed by atoms with E-state index in [1.165, 1.54) is 22.4 Å². The van der Waals surface area contributed by atoms with Crippen LogP contribution in [-0.4, -0.2) is 32.6 Å². The van der Waals surface area contributed by atoms with Gasteiger partial charge >= 0.3 is 5.69 Å². The fourth-order valence-corrected chi connectivity index (χ4v) is 12.2. The molecule has 4 rings (SSSR count). The monoisotopic (exact) mass is 472 g/mol. The van der Waals surface area contributed by atoms with E-state index in [1.54, 1.807) is 11.4 Å². The average Bonchev–Trinajstić information content (AvgIpc) is 3.17. The Balaban J connectivity index is 1.49. The van der Waals surface area contributed by atoms with Gasteiger partial charge in [-0.3, -0.25) is 14.3 Å². The highest BCUT2D eigenvalue weighted by molar-refractivity contribution is 8.68. The third-order valence-corrected chi connectivity index (χ3v) is 12.2. The van der Waals surface area contributed by atoms with E-state index >= 15 is 0 Å². The summed E-state index contributed by atoms with van der Waals surface area (Å²) in [6.45, 7) is 10.5. The molecule has 10 heteroatoms. The van der Waals surface area contributed by atoms with Crippen molar-refractivity contribution in [2.45, 2.75) is 82.2 Å². The molecule has 166 valence electrons. The molecule has 0 spiro atoms. The largest absolute Gasteiger partial charge is 0.352 e. The third-order valence-electron chi connectivity index (χ3n) is 6.45. The predicted octanol–water partition coefficient (Wildman–Crippen LogP) is 4.11. The molecule has 7 nitrogen and oxygen atoms in total. The van der Waals surface area contributed by atoms with Gasteiger partial charge in [-0.15, -0.1) is 0 Å². The lowest BCUT2D eigenvalue weighted by Gasteiger charge is -2.37. The average molecular weight is 473 g/mol. The van der Waals surface area contributed by atoms with Crippen LogP contribution in [-0.2, 0) is 25.6 Å². The molecule has 1 N–H and O–H groups in total. The Hall–Kier alpha value is -0.700. The van der Waals surface area contributed by atoms with Gasteiger partial charge in [0.1, 0.15) is 6.23 Å². The quantitative estimate of drug-likeness (QED) is 0.510. The number of hydrogen-bond acceptors (Lipinski definition) is 7. The van der Waals surface area contributed by atoms with Crippen molar-refractivity contribution in [2.24, 2.45) is 5.92 Å². The summed E-state index contributed by atoms with van der Waals surface area (Å²) < 4.78 is 20.4. The minimum atomic E-state index is -2.54. The van der Waals surface area contributed by atoms with Crippen molar-refractivity contribution in [3.05, 3.63) is 45.3 Å². The summed E-state index contributed by atoms with van der Waals surface area (Å²) in [5.74, 6) is 0.472. The Bertz CT molecular complexity index is 994. The fraction of sp³-hybridized carbons (Fsp3) is 0.700. The summed E-state index contributed by atoms with van der Waals surface area (Å²) in [4.78, 5) is 25.8. The third kappa shape index (κ3) is 4.30. The topological polar surface area (TPSA) is 82.6 Å². The second kappa shape index (κ2) is 8.34. The summed E-state index contributed by atoms with van der Waals surface area (Å²) in [6, 6.07) is 1.32. The van der Waals surface area contributed by atoms with E-state index in [9.17, 15) is 9.59 Å². The van der Waals surface area contributed by atoms with Crippen molar-refractivity contribution in [1.29, 1.82) is 0 Å². The number of H-pyrrole nitrogens is 1. The van der Waals surface area contributed by atoms with E-state index in [1.807, 2.05) is 6.92 Å². The number of ether oxygens (including phenoxy) is 1. The number of allylic oxidation sites excluding steroid dienone is 1. The maximum Gasteiger partial charge on any atom is 0.330 e. The Labute approximate surface area is 185 Å². The SMILES string of the molecule is C=C(C)[C@@H]1CC[C@]2(C)S[P@@](=S)(O[C@H]3C[C@H](n4ccc(=O)[nH]c4=O)O[C@@H]3CC)O[C@H]2C1. The van der Waals surface area contributed by atoms with Crippen LogP contribution in [0.2, 0.25) is 0 Å². The number of nitrogens with zero attached hydrogens (tertiary/aromatic N) is 1. The summed E-state index contributed by atoms with van der Waals surface area (Å²) in [7, 11) is 0. The first-order chi connectivity index (χ1) is 14.1. The molecule has 30 heavy (non-hydrogen) atoms. The highest BCUT2D eigenvalue weighted by atomic mass is 32.9. The van der Waals surface area contributed by atoms with Crippen LogP contribution in [0.1, 0.15) is 59.1 Å². The number of rotatable bonds is 5. The first-order valence-corrected chi connectivity index (χ1v) is 14.5. The number of hydrogen-bond donors (Lipinski definition) is 1.